The van der Waals surface area contributed by atoms with Gasteiger partial charge in [0.25, 0.3) is 0 Å². The highest BCUT2D eigenvalue weighted by molar-refractivity contribution is 6.45. The molecule has 0 amide bonds. The molecule has 0 saturated heterocycles. The Morgan fingerprint density at radius 2 is 2.07 bits per heavy atom. The third kappa shape index (κ3) is 1.73. The first-order chi connectivity index (χ1) is 7.15. The zero-order valence-corrected chi connectivity index (χ0v) is 9.94. The van der Waals surface area contributed by atoms with Crippen molar-refractivity contribution in [1.29, 1.82) is 0 Å². The second-order valence-electron chi connectivity index (χ2n) is 3.55. The largest absolute Gasteiger partial charge is 0.345 e. The molecule has 0 spiro atoms. The van der Waals surface area contributed by atoms with Crippen LogP contribution < -0.4 is 5.73 Å². The normalized spacial score (nSPS) is 11.2. The van der Waals surface area contributed by atoms with Crippen LogP contribution in [0.3, 0.4) is 0 Å². The Kier molecular flexibility index (Phi) is 2.91. The molecule has 1 aromatic carbocycles. The van der Waals surface area contributed by atoms with E-state index in [9.17, 15) is 0 Å². The Bertz CT molecular complexity index is 503. The van der Waals surface area contributed by atoms with Crippen LogP contribution in [0.1, 0.15) is 5.56 Å². The molecule has 1 aromatic heterocycles. The van der Waals surface area contributed by atoms with Crippen LogP contribution in [0.25, 0.3) is 10.9 Å². The molecule has 2 N–H and O–H groups in total. The van der Waals surface area contributed by atoms with E-state index < -0.39 is 0 Å². The molecule has 0 fully saturated rings. The van der Waals surface area contributed by atoms with E-state index in [1.165, 1.54) is 5.56 Å². The molecule has 0 atom stereocenters. The van der Waals surface area contributed by atoms with Crippen molar-refractivity contribution < 1.29 is 0 Å². The number of fused-ring (bicyclic) bond motifs is 1. The first-order valence-corrected chi connectivity index (χ1v) is 5.54. The van der Waals surface area contributed by atoms with Crippen molar-refractivity contribution in [2.24, 2.45) is 5.73 Å². The average molecular weight is 243 g/mol. The Morgan fingerprint density at radius 1 is 1.33 bits per heavy atom. The van der Waals surface area contributed by atoms with E-state index in [0.717, 1.165) is 17.4 Å². The van der Waals surface area contributed by atoms with Crippen LogP contribution in [0.4, 0.5) is 0 Å². The minimum Gasteiger partial charge on any atom is -0.345 e. The van der Waals surface area contributed by atoms with Gasteiger partial charge in [-0.3, -0.25) is 0 Å². The number of nitrogens with two attached hydrogens (primary N) is 1. The number of nitrogens with zero attached hydrogens (tertiary/aromatic N) is 1. The molecule has 2 aromatic rings. The molecule has 80 valence electrons. The molecule has 0 radical (unpaired) electrons. The second kappa shape index (κ2) is 4.05. The molecule has 2 rings (SSSR count). The molecule has 0 aliphatic rings. The standard InChI is InChI=1S/C11H12Cl2N2/c1-7-6-15(5-4-14)11-8(7)2-3-9(12)10(11)13/h2-3,6H,4-5,14H2,1H3. The molecule has 2 nitrogen and oxygen atoms in total. The van der Waals surface area contributed by atoms with Crippen LogP contribution in [0.15, 0.2) is 18.3 Å². The van der Waals surface area contributed by atoms with Crippen molar-refractivity contribution in [3.8, 4) is 0 Å². The van der Waals surface area contributed by atoms with Gasteiger partial charge in [-0.1, -0.05) is 29.3 Å². The fraction of sp³-hybridized carbons (Fsp3) is 0.273. The average Bonchev–Trinajstić information content (AvgIpc) is 2.51. The van der Waals surface area contributed by atoms with Crippen molar-refractivity contribution >= 4 is 34.1 Å². The van der Waals surface area contributed by atoms with E-state index in [2.05, 4.69) is 17.7 Å². The molecule has 15 heavy (non-hydrogen) atoms. The molecule has 0 aliphatic carbocycles. The number of halogens is 2. The molecule has 0 bridgehead atoms. The topological polar surface area (TPSA) is 30.9 Å². The van der Waals surface area contributed by atoms with Gasteiger partial charge in [0.2, 0.25) is 0 Å². The van der Waals surface area contributed by atoms with Crippen LogP contribution in [0.2, 0.25) is 10.0 Å². The maximum atomic E-state index is 6.19. The van der Waals surface area contributed by atoms with Crippen molar-refractivity contribution in [1.82, 2.24) is 4.57 Å². The Hall–Kier alpha value is -0.700. The lowest BCUT2D eigenvalue weighted by atomic mass is 10.2. The minimum atomic E-state index is 0.584. The van der Waals surface area contributed by atoms with Gasteiger partial charge < -0.3 is 10.3 Å². The zero-order valence-electron chi connectivity index (χ0n) is 8.43. The fourth-order valence-electron chi connectivity index (χ4n) is 1.82. The van der Waals surface area contributed by atoms with Gasteiger partial charge in [-0.2, -0.15) is 0 Å². The van der Waals surface area contributed by atoms with E-state index in [1.807, 2.05) is 12.1 Å². The van der Waals surface area contributed by atoms with Gasteiger partial charge >= 0.3 is 0 Å². The van der Waals surface area contributed by atoms with E-state index in [-0.39, 0.29) is 0 Å². The number of hydrogen-bond donors (Lipinski definition) is 1. The Labute approximate surface area is 98.6 Å². The van der Waals surface area contributed by atoms with E-state index in [0.29, 0.717) is 16.6 Å². The highest BCUT2D eigenvalue weighted by Gasteiger charge is 2.10. The maximum Gasteiger partial charge on any atom is 0.0835 e. The minimum absolute atomic E-state index is 0.584. The molecular weight excluding hydrogens is 231 g/mol. The summed E-state index contributed by atoms with van der Waals surface area (Å²) >= 11 is 12.2. The van der Waals surface area contributed by atoms with E-state index in [4.69, 9.17) is 28.9 Å². The highest BCUT2D eigenvalue weighted by Crippen LogP contribution is 2.33. The van der Waals surface area contributed by atoms with Crippen molar-refractivity contribution in [2.75, 3.05) is 6.54 Å². The maximum absolute atomic E-state index is 6.19. The van der Waals surface area contributed by atoms with Gasteiger partial charge in [-0.05, 0) is 18.6 Å². The first kappa shape index (κ1) is 10.8. The summed E-state index contributed by atoms with van der Waals surface area (Å²) in [5.74, 6) is 0. The SMILES string of the molecule is Cc1cn(CCN)c2c(Cl)c(Cl)ccc12. The number of rotatable bonds is 2. The molecule has 0 saturated carbocycles. The lowest BCUT2D eigenvalue weighted by molar-refractivity contribution is 0.734. The summed E-state index contributed by atoms with van der Waals surface area (Å²) in [5.41, 5.74) is 7.72. The molecule has 0 aliphatic heterocycles. The highest BCUT2D eigenvalue weighted by atomic mass is 35.5. The molecular formula is C11H12Cl2N2. The summed E-state index contributed by atoms with van der Waals surface area (Å²) in [4.78, 5) is 0. The van der Waals surface area contributed by atoms with Crippen LogP contribution in [-0.4, -0.2) is 11.1 Å². The van der Waals surface area contributed by atoms with E-state index >= 15 is 0 Å². The number of hydrogen-bond acceptors (Lipinski definition) is 1. The van der Waals surface area contributed by atoms with Crippen molar-refractivity contribution in [3.63, 3.8) is 0 Å². The second-order valence-corrected chi connectivity index (χ2v) is 4.34. The third-order valence-corrected chi connectivity index (χ3v) is 3.29. The summed E-state index contributed by atoms with van der Waals surface area (Å²) in [5, 5.41) is 2.33. The van der Waals surface area contributed by atoms with Crippen LogP contribution in [0.5, 0.6) is 0 Å². The lowest BCUT2D eigenvalue weighted by Crippen LogP contribution is -2.08. The monoisotopic (exact) mass is 242 g/mol. The summed E-state index contributed by atoms with van der Waals surface area (Å²) in [7, 11) is 0. The van der Waals surface area contributed by atoms with Gasteiger partial charge in [0.05, 0.1) is 15.6 Å². The van der Waals surface area contributed by atoms with Gasteiger partial charge in [0.1, 0.15) is 0 Å². The summed E-state index contributed by atoms with van der Waals surface area (Å²) in [6.45, 7) is 3.40. The number of aromatic nitrogens is 1. The summed E-state index contributed by atoms with van der Waals surface area (Å²) < 4.78 is 2.05. The third-order valence-electron chi connectivity index (χ3n) is 2.50. The first-order valence-electron chi connectivity index (χ1n) is 4.78. The van der Waals surface area contributed by atoms with E-state index in [1.54, 1.807) is 0 Å². The number of aryl methyl sites for hydroxylation is 1. The van der Waals surface area contributed by atoms with Crippen LogP contribution in [-0.2, 0) is 6.54 Å². The van der Waals surface area contributed by atoms with Crippen LogP contribution >= 0.6 is 23.2 Å². The molecule has 1 heterocycles. The molecule has 4 heteroatoms. The lowest BCUT2D eigenvalue weighted by Gasteiger charge is -2.05. The van der Waals surface area contributed by atoms with Gasteiger partial charge in [-0.15, -0.1) is 0 Å². The Balaban J connectivity index is 2.77. The smallest absolute Gasteiger partial charge is 0.0835 e. The van der Waals surface area contributed by atoms with Crippen molar-refractivity contribution in [3.05, 3.63) is 33.9 Å². The van der Waals surface area contributed by atoms with Gasteiger partial charge in [0.15, 0.2) is 0 Å². The van der Waals surface area contributed by atoms with Gasteiger partial charge in [-0.25, -0.2) is 0 Å². The fourth-order valence-corrected chi connectivity index (χ4v) is 2.25. The predicted molar refractivity (Wildman–Crippen MR) is 65.7 cm³/mol. The Morgan fingerprint density at radius 3 is 2.73 bits per heavy atom. The summed E-state index contributed by atoms with van der Waals surface area (Å²) in [6, 6.07) is 3.82. The predicted octanol–water partition coefficient (Wildman–Crippen LogP) is 3.22. The van der Waals surface area contributed by atoms with Crippen LogP contribution in [0, 0.1) is 6.92 Å². The van der Waals surface area contributed by atoms with Crippen molar-refractivity contribution in [2.45, 2.75) is 13.5 Å². The number of benzene rings is 1. The quantitative estimate of drug-likeness (QED) is 0.862. The summed E-state index contributed by atoms with van der Waals surface area (Å²) in [6.07, 6.45) is 2.06. The zero-order chi connectivity index (χ0) is 11.0. The van der Waals surface area contributed by atoms with Gasteiger partial charge in [0, 0.05) is 24.7 Å². The molecule has 0 unspecified atom stereocenters.